The van der Waals surface area contributed by atoms with Crippen LogP contribution in [0.4, 0.5) is 0 Å². The van der Waals surface area contributed by atoms with Crippen LogP contribution < -0.4 is 4.72 Å². The largest absolute Gasteiger partial charge is 0.273 e. The predicted molar refractivity (Wildman–Crippen MR) is 86.3 cm³/mol. The molecular weight excluding hydrogens is 312 g/mol. The van der Waals surface area contributed by atoms with Gasteiger partial charge in [-0.1, -0.05) is 24.3 Å². The van der Waals surface area contributed by atoms with Crippen LogP contribution in [0.15, 0.2) is 53.7 Å². The summed E-state index contributed by atoms with van der Waals surface area (Å²) in [5.41, 5.74) is 1.17. The number of nitrogens with zero attached hydrogens (tertiary/aromatic N) is 1. The fraction of sp³-hybridized carbons (Fsp3) is 0.294. The molecule has 1 heterocycles. The summed E-state index contributed by atoms with van der Waals surface area (Å²) in [6.45, 7) is 1.80. The summed E-state index contributed by atoms with van der Waals surface area (Å²) in [5.74, 6) is -0.492. The van der Waals surface area contributed by atoms with Gasteiger partial charge in [-0.25, -0.2) is 13.1 Å². The van der Waals surface area contributed by atoms with Crippen LogP contribution in [0, 0.1) is 0 Å². The second-order valence-corrected chi connectivity index (χ2v) is 7.65. The highest BCUT2D eigenvalue weighted by atomic mass is 32.2. The zero-order chi connectivity index (χ0) is 16.5. The first-order valence-corrected chi connectivity index (χ1v) is 8.97. The smallest absolute Gasteiger partial charge is 0.265 e. The normalized spacial score (nSPS) is 20.6. The molecular formula is C17H18N2O3S. The quantitative estimate of drug-likeness (QED) is 0.936. The molecule has 0 fully saturated rings. The van der Waals surface area contributed by atoms with E-state index >= 15 is 0 Å². The molecule has 6 heteroatoms. The van der Waals surface area contributed by atoms with Crippen LogP contribution in [0.25, 0.3) is 0 Å². The summed E-state index contributed by atoms with van der Waals surface area (Å²) in [6, 6.07) is 10.7. The van der Waals surface area contributed by atoms with Crippen molar-refractivity contribution < 1.29 is 13.2 Å². The minimum Gasteiger partial charge on any atom is -0.273 e. The second kappa shape index (κ2) is 5.77. The number of fused-ring (bicyclic) bond motifs is 1. The third-order valence-corrected chi connectivity index (χ3v) is 5.72. The molecule has 5 nitrogen and oxygen atoms in total. The molecule has 1 N–H and O–H groups in total. The van der Waals surface area contributed by atoms with Crippen molar-refractivity contribution in [3.63, 3.8) is 0 Å². The Hall–Kier alpha value is -2.21. The van der Waals surface area contributed by atoms with E-state index in [1.54, 1.807) is 6.92 Å². The third kappa shape index (κ3) is 2.86. The van der Waals surface area contributed by atoms with E-state index in [1.165, 1.54) is 24.5 Å². The molecule has 23 heavy (non-hydrogen) atoms. The minimum absolute atomic E-state index is 0.0129. The van der Waals surface area contributed by atoms with Crippen molar-refractivity contribution in [2.45, 2.75) is 36.5 Å². The fourth-order valence-corrected chi connectivity index (χ4v) is 4.12. The van der Waals surface area contributed by atoms with E-state index in [9.17, 15) is 13.2 Å². The van der Waals surface area contributed by atoms with Crippen LogP contribution in [0.5, 0.6) is 0 Å². The first-order valence-electron chi connectivity index (χ1n) is 7.49. The number of carbonyl (C=O) groups is 1. The van der Waals surface area contributed by atoms with Gasteiger partial charge in [-0.2, -0.15) is 0 Å². The van der Waals surface area contributed by atoms with E-state index in [-0.39, 0.29) is 4.90 Å². The number of aryl methyl sites for hydroxylation is 1. The average molecular weight is 330 g/mol. The van der Waals surface area contributed by atoms with Gasteiger partial charge in [0.05, 0.1) is 5.41 Å². The lowest BCUT2D eigenvalue weighted by Crippen LogP contribution is -2.46. The molecule has 0 radical (unpaired) electrons. The monoisotopic (exact) mass is 330 g/mol. The molecule has 1 unspecified atom stereocenters. The SMILES string of the molecule is CC1(C(=O)NS(=O)(=O)c2cccnc2)CCCc2ccccc21. The van der Waals surface area contributed by atoms with Crippen molar-refractivity contribution in [1.82, 2.24) is 9.71 Å². The fourth-order valence-electron chi connectivity index (χ4n) is 3.08. The summed E-state index contributed by atoms with van der Waals surface area (Å²) in [4.78, 5) is 16.5. The summed E-state index contributed by atoms with van der Waals surface area (Å²) in [5, 5.41) is 0. The Morgan fingerprint density at radius 1 is 1.22 bits per heavy atom. The highest BCUT2D eigenvalue weighted by Crippen LogP contribution is 2.37. The molecule has 1 aliphatic carbocycles. The van der Waals surface area contributed by atoms with Gasteiger partial charge in [-0.15, -0.1) is 0 Å². The number of hydrogen-bond acceptors (Lipinski definition) is 4. The molecule has 2 aromatic rings. The molecule has 1 aromatic carbocycles. The Kier molecular flexibility index (Phi) is 3.93. The Labute approximate surface area is 135 Å². The zero-order valence-corrected chi connectivity index (χ0v) is 13.6. The van der Waals surface area contributed by atoms with E-state index < -0.39 is 21.3 Å². The lowest BCUT2D eigenvalue weighted by atomic mass is 9.71. The maximum atomic E-state index is 12.8. The predicted octanol–water partition coefficient (Wildman–Crippen LogP) is 2.18. The highest BCUT2D eigenvalue weighted by Gasteiger charge is 2.40. The molecule has 0 bridgehead atoms. The Morgan fingerprint density at radius 3 is 2.74 bits per heavy atom. The lowest BCUT2D eigenvalue weighted by Gasteiger charge is -2.34. The second-order valence-electron chi connectivity index (χ2n) is 5.97. The van der Waals surface area contributed by atoms with E-state index in [1.807, 2.05) is 24.3 Å². The van der Waals surface area contributed by atoms with E-state index in [0.29, 0.717) is 6.42 Å². The average Bonchev–Trinajstić information content (AvgIpc) is 2.56. The van der Waals surface area contributed by atoms with Gasteiger partial charge in [0.25, 0.3) is 10.0 Å². The Bertz CT molecular complexity index is 834. The number of sulfonamides is 1. The number of nitrogens with one attached hydrogen (secondary N) is 1. The number of rotatable bonds is 3. The van der Waals surface area contributed by atoms with E-state index in [0.717, 1.165) is 24.0 Å². The maximum Gasteiger partial charge on any atom is 0.265 e. The molecule has 0 saturated carbocycles. The van der Waals surface area contributed by atoms with Crippen molar-refractivity contribution in [3.8, 4) is 0 Å². The van der Waals surface area contributed by atoms with Crippen molar-refractivity contribution in [2.24, 2.45) is 0 Å². The van der Waals surface area contributed by atoms with Gasteiger partial charge in [0.2, 0.25) is 5.91 Å². The molecule has 120 valence electrons. The van der Waals surface area contributed by atoms with E-state index in [2.05, 4.69) is 9.71 Å². The Balaban J connectivity index is 1.93. The zero-order valence-electron chi connectivity index (χ0n) is 12.8. The van der Waals surface area contributed by atoms with Crippen LogP contribution >= 0.6 is 0 Å². The summed E-state index contributed by atoms with van der Waals surface area (Å²) >= 11 is 0. The molecule has 0 spiro atoms. The van der Waals surface area contributed by atoms with Crippen LogP contribution in [-0.2, 0) is 26.7 Å². The van der Waals surface area contributed by atoms with Gasteiger partial charge in [-0.05, 0) is 49.4 Å². The van der Waals surface area contributed by atoms with Gasteiger partial charge in [0.1, 0.15) is 4.90 Å². The van der Waals surface area contributed by atoms with Crippen molar-refractivity contribution in [3.05, 3.63) is 59.9 Å². The number of benzene rings is 1. The molecule has 1 atom stereocenters. The van der Waals surface area contributed by atoms with Gasteiger partial charge >= 0.3 is 0 Å². The van der Waals surface area contributed by atoms with Crippen molar-refractivity contribution in [1.29, 1.82) is 0 Å². The van der Waals surface area contributed by atoms with Crippen LogP contribution in [0.2, 0.25) is 0 Å². The van der Waals surface area contributed by atoms with E-state index in [4.69, 9.17) is 0 Å². The first kappa shape index (κ1) is 15.7. The van der Waals surface area contributed by atoms with Gasteiger partial charge in [0.15, 0.2) is 0 Å². The lowest BCUT2D eigenvalue weighted by molar-refractivity contribution is -0.124. The molecule has 0 saturated heterocycles. The van der Waals surface area contributed by atoms with Crippen LogP contribution in [0.3, 0.4) is 0 Å². The number of pyridine rings is 1. The first-order chi connectivity index (χ1) is 10.9. The van der Waals surface area contributed by atoms with Gasteiger partial charge in [-0.3, -0.25) is 9.78 Å². The highest BCUT2D eigenvalue weighted by molar-refractivity contribution is 7.90. The summed E-state index contributed by atoms with van der Waals surface area (Å²) < 4.78 is 27.0. The van der Waals surface area contributed by atoms with Crippen LogP contribution in [0.1, 0.15) is 30.9 Å². The molecule has 0 aliphatic heterocycles. The molecule has 1 aliphatic rings. The maximum absolute atomic E-state index is 12.8. The van der Waals surface area contributed by atoms with Gasteiger partial charge < -0.3 is 0 Å². The standard InChI is InChI=1S/C17H18N2O3S/c1-17(10-4-7-13-6-2-3-9-15(13)17)16(20)19-23(21,22)14-8-5-11-18-12-14/h2-3,5-6,8-9,11-12H,4,7,10H2,1H3,(H,19,20). The molecule has 3 rings (SSSR count). The minimum atomic E-state index is -3.91. The van der Waals surface area contributed by atoms with Crippen molar-refractivity contribution in [2.75, 3.05) is 0 Å². The van der Waals surface area contributed by atoms with Crippen molar-refractivity contribution >= 4 is 15.9 Å². The number of carbonyl (C=O) groups excluding carboxylic acids is 1. The van der Waals surface area contributed by atoms with Gasteiger partial charge in [0, 0.05) is 12.4 Å². The Morgan fingerprint density at radius 2 is 2.00 bits per heavy atom. The summed E-state index contributed by atoms with van der Waals surface area (Å²) in [7, 11) is -3.91. The summed E-state index contributed by atoms with van der Waals surface area (Å²) in [6.07, 6.45) is 5.10. The number of hydrogen-bond donors (Lipinski definition) is 1. The number of amides is 1. The van der Waals surface area contributed by atoms with Crippen LogP contribution in [-0.4, -0.2) is 19.3 Å². The third-order valence-electron chi connectivity index (χ3n) is 4.41. The molecule has 1 amide bonds. The number of aromatic nitrogens is 1. The topological polar surface area (TPSA) is 76.1 Å². The molecule has 1 aromatic heterocycles.